The molecule has 0 radical (unpaired) electrons. The smallest absolute Gasteiger partial charge is 0.254 e. The lowest BCUT2D eigenvalue weighted by molar-refractivity contribution is 0.100. The molecule has 1 aromatic heterocycles. The Morgan fingerprint density at radius 3 is 2.71 bits per heavy atom. The molecular formula is C17H24N6O. The van der Waals surface area contributed by atoms with Gasteiger partial charge in [-0.1, -0.05) is 26.0 Å². The van der Waals surface area contributed by atoms with Gasteiger partial charge in [-0.2, -0.15) is 4.98 Å². The molecule has 128 valence electrons. The van der Waals surface area contributed by atoms with Crippen molar-refractivity contribution in [2.24, 2.45) is 17.4 Å². The summed E-state index contributed by atoms with van der Waals surface area (Å²) >= 11 is 0. The second-order valence-corrected chi connectivity index (χ2v) is 6.10. The molecule has 0 aliphatic heterocycles. The number of primary amides is 1. The first-order valence-electron chi connectivity index (χ1n) is 7.87. The van der Waals surface area contributed by atoms with Crippen molar-refractivity contribution in [3.8, 4) is 0 Å². The topological polar surface area (TPSA) is 119 Å². The van der Waals surface area contributed by atoms with E-state index < -0.39 is 5.91 Å². The maximum atomic E-state index is 11.6. The van der Waals surface area contributed by atoms with Crippen molar-refractivity contribution in [3.05, 3.63) is 41.6 Å². The molecule has 2 rings (SSSR count). The van der Waals surface area contributed by atoms with Crippen LogP contribution in [0.2, 0.25) is 0 Å². The highest BCUT2D eigenvalue weighted by atomic mass is 16.1. The summed E-state index contributed by atoms with van der Waals surface area (Å²) in [6.07, 6.45) is 1.41. The molecule has 0 aliphatic carbocycles. The largest absolute Gasteiger partial charge is 0.365 e. The fraction of sp³-hybridized carbons (Fsp3) is 0.353. The van der Waals surface area contributed by atoms with E-state index in [-0.39, 0.29) is 11.6 Å². The number of hydrogen-bond acceptors (Lipinski definition) is 6. The SMILES string of the molecule is Cc1cccc(Nc2nc(NCC(N)C(C)C)ncc2C(N)=O)c1. The van der Waals surface area contributed by atoms with Gasteiger partial charge < -0.3 is 22.1 Å². The number of carbonyl (C=O) groups excluding carboxylic acids is 1. The first kappa shape index (κ1) is 17.7. The van der Waals surface area contributed by atoms with Crippen molar-refractivity contribution >= 4 is 23.4 Å². The third-order valence-corrected chi connectivity index (χ3v) is 3.69. The maximum Gasteiger partial charge on any atom is 0.254 e. The van der Waals surface area contributed by atoms with Crippen LogP contribution in [0.15, 0.2) is 30.5 Å². The van der Waals surface area contributed by atoms with Gasteiger partial charge in [-0.25, -0.2) is 4.98 Å². The lowest BCUT2D eigenvalue weighted by Gasteiger charge is -2.17. The van der Waals surface area contributed by atoms with Crippen LogP contribution < -0.4 is 22.1 Å². The van der Waals surface area contributed by atoms with Crippen LogP contribution in [0.4, 0.5) is 17.5 Å². The van der Waals surface area contributed by atoms with Crippen LogP contribution in [0.1, 0.15) is 29.8 Å². The summed E-state index contributed by atoms with van der Waals surface area (Å²) in [6.45, 7) is 6.63. The Bertz CT molecular complexity index is 716. The van der Waals surface area contributed by atoms with Gasteiger partial charge in [0, 0.05) is 24.5 Å². The quantitative estimate of drug-likeness (QED) is 0.617. The van der Waals surface area contributed by atoms with Crippen molar-refractivity contribution < 1.29 is 4.79 Å². The highest BCUT2D eigenvalue weighted by Gasteiger charge is 2.14. The average molecular weight is 328 g/mol. The number of nitrogens with two attached hydrogens (primary N) is 2. The van der Waals surface area contributed by atoms with E-state index in [1.54, 1.807) is 0 Å². The van der Waals surface area contributed by atoms with Crippen LogP contribution in [0, 0.1) is 12.8 Å². The summed E-state index contributed by atoms with van der Waals surface area (Å²) in [6, 6.07) is 7.73. The summed E-state index contributed by atoms with van der Waals surface area (Å²) in [5, 5.41) is 6.21. The van der Waals surface area contributed by atoms with E-state index in [2.05, 4.69) is 20.6 Å². The Kier molecular flexibility index (Phi) is 5.70. The summed E-state index contributed by atoms with van der Waals surface area (Å²) in [5.74, 6) is 0.512. The minimum absolute atomic E-state index is 0.0161. The molecule has 24 heavy (non-hydrogen) atoms. The molecule has 0 saturated heterocycles. The molecular weight excluding hydrogens is 304 g/mol. The Morgan fingerprint density at radius 2 is 2.08 bits per heavy atom. The number of amides is 1. The van der Waals surface area contributed by atoms with Crippen molar-refractivity contribution in [1.29, 1.82) is 0 Å². The van der Waals surface area contributed by atoms with Crippen molar-refractivity contribution in [3.63, 3.8) is 0 Å². The van der Waals surface area contributed by atoms with Crippen molar-refractivity contribution in [2.75, 3.05) is 17.2 Å². The predicted octanol–water partition coefficient (Wildman–Crippen LogP) is 2.02. The van der Waals surface area contributed by atoms with Gasteiger partial charge in [0.1, 0.15) is 11.4 Å². The minimum atomic E-state index is -0.587. The van der Waals surface area contributed by atoms with Crippen LogP contribution in [-0.4, -0.2) is 28.5 Å². The van der Waals surface area contributed by atoms with E-state index in [1.807, 2.05) is 45.0 Å². The molecule has 0 saturated carbocycles. The molecule has 2 aromatic rings. The summed E-state index contributed by atoms with van der Waals surface area (Å²) < 4.78 is 0. The lowest BCUT2D eigenvalue weighted by Crippen LogP contribution is -2.34. The first-order valence-corrected chi connectivity index (χ1v) is 7.87. The van der Waals surface area contributed by atoms with Gasteiger partial charge in [-0.15, -0.1) is 0 Å². The van der Waals surface area contributed by atoms with Gasteiger partial charge in [-0.3, -0.25) is 4.79 Å². The standard InChI is InChI=1S/C17H24N6O/c1-10(2)14(18)9-21-17-20-8-13(15(19)24)16(23-17)22-12-6-4-5-11(3)7-12/h4-8,10,14H,9,18H2,1-3H3,(H2,19,24)(H2,20,21,22,23). The van der Waals surface area contributed by atoms with Crippen molar-refractivity contribution in [1.82, 2.24) is 9.97 Å². The molecule has 1 atom stereocenters. The van der Waals surface area contributed by atoms with Crippen LogP contribution in [0.5, 0.6) is 0 Å². The highest BCUT2D eigenvalue weighted by Crippen LogP contribution is 2.20. The maximum absolute atomic E-state index is 11.6. The van der Waals surface area contributed by atoms with Gasteiger partial charge >= 0.3 is 0 Å². The molecule has 1 amide bonds. The van der Waals surface area contributed by atoms with Crippen LogP contribution in [0.25, 0.3) is 0 Å². The molecule has 7 nitrogen and oxygen atoms in total. The number of aromatic nitrogens is 2. The molecule has 0 spiro atoms. The summed E-state index contributed by atoms with van der Waals surface area (Å²) in [5.41, 5.74) is 13.6. The zero-order valence-corrected chi connectivity index (χ0v) is 14.2. The molecule has 0 aliphatic rings. The van der Waals surface area contributed by atoms with Gasteiger partial charge in [-0.05, 0) is 30.5 Å². The van der Waals surface area contributed by atoms with E-state index in [4.69, 9.17) is 11.5 Å². The Morgan fingerprint density at radius 1 is 1.33 bits per heavy atom. The van der Waals surface area contributed by atoms with Gasteiger partial charge in [0.05, 0.1) is 0 Å². The van der Waals surface area contributed by atoms with Gasteiger partial charge in [0.15, 0.2) is 0 Å². The molecule has 0 bridgehead atoms. The third-order valence-electron chi connectivity index (χ3n) is 3.69. The molecule has 0 fully saturated rings. The predicted molar refractivity (Wildman–Crippen MR) is 96.3 cm³/mol. The second kappa shape index (κ2) is 7.74. The van der Waals surface area contributed by atoms with Crippen LogP contribution in [-0.2, 0) is 0 Å². The number of nitrogens with zero attached hydrogens (tertiary/aromatic N) is 2. The number of anilines is 3. The fourth-order valence-corrected chi connectivity index (χ4v) is 2.05. The fourth-order valence-electron chi connectivity index (χ4n) is 2.05. The number of carbonyl (C=O) groups is 1. The molecule has 6 N–H and O–H groups in total. The number of hydrogen-bond donors (Lipinski definition) is 4. The van der Waals surface area contributed by atoms with Gasteiger partial charge in [0.2, 0.25) is 5.95 Å². The monoisotopic (exact) mass is 328 g/mol. The third kappa shape index (κ3) is 4.66. The van der Waals surface area contributed by atoms with Gasteiger partial charge in [0.25, 0.3) is 5.91 Å². The lowest BCUT2D eigenvalue weighted by atomic mass is 10.1. The normalized spacial score (nSPS) is 12.0. The molecule has 7 heteroatoms. The Labute approximate surface area is 141 Å². The minimum Gasteiger partial charge on any atom is -0.365 e. The zero-order chi connectivity index (χ0) is 17.7. The highest BCUT2D eigenvalue weighted by molar-refractivity contribution is 5.98. The molecule has 1 heterocycles. The van der Waals surface area contributed by atoms with E-state index in [1.165, 1.54) is 6.20 Å². The Hall–Kier alpha value is -2.67. The van der Waals surface area contributed by atoms with Crippen LogP contribution >= 0.6 is 0 Å². The summed E-state index contributed by atoms with van der Waals surface area (Å²) in [7, 11) is 0. The molecule has 1 aromatic carbocycles. The van der Waals surface area contributed by atoms with Crippen molar-refractivity contribution in [2.45, 2.75) is 26.8 Å². The average Bonchev–Trinajstić information content (AvgIpc) is 2.52. The van der Waals surface area contributed by atoms with Crippen LogP contribution in [0.3, 0.4) is 0 Å². The number of rotatable bonds is 7. The second-order valence-electron chi connectivity index (χ2n) is 6.10. The van der Waals surface area contributed by atoms with E-state index >= 15 is 0 Å². The number of benzene rings is 1. The zero-order valence-electron chi connectivity index (χ0n) is 14.2. The number of aryl methyl sites for hydroxylation is 1. The summed E-state index contributed by atoms with van der Waals surface area (Å²) in [4.78, 5) is 20.1. The number of nitrogens with one attached hydrogen (secondary N) is 2. The van der Waals surface area contributed by atoms with E-state index in [0.29, 0.717) is 24.2 Å². The van der Waals surface area contributed by atoms with E-state index in [9.17, 15) is 4.79 Å². The molecule has 1 unspecified atom stereocenters. The Balaban J connectivity index is 2.23. The van der Waals surface area contributed by atoms with E-state index in [0.717, 1.165) is 11.3 Å². The first-order chi connectivity index (χ1) is 11.4.